The molecule has 4 saturated carbocycles. The molecule has 2 amide bonds. The van der Waals surface area contributed by atoms with Crippen molar-refractivity contribution >= 4 is 11.8 Å². The fourth-order valence-corrected chi connectivity index (χ4v) is 6.35. The summed E-state index contributed by atoms with van der Waals surface area (Å²) in [5.41, 5.74) is 0.245. The molecule has 0 saturated heterocycles. The van der Waals surface area contributed by atoms with Crippen molar-refractivity contribution in [1.29, 1.82) is 0 Å². The molecule has 29 heavy (non-hydrogen) atoms. The van der Waals surface area contributed by atoms with Gasteiger partial charge in [-0.2, -0.15) is 0 Å². The molecule has 5 nitrogen and oxygen atoms in total. The second-order valence-electron chi connectivity index (χ2n) is 9.79. The zero-order chi connectivity index (χ0) is 20.6. The number of rotatable bonds is 7. The second kappa shape index (κ2) is 8.05. The first-order valence-electron chi connectivity index (χ1n) is 10.8. The number of nitrogens with zero attached hydrogens (tertiary/aromatic N) is 1. The number of benzene rings is 1. The molecule has 158 valence electrons. The second-order valence-corrected chi connectivity index (χ2v) is 9.79. The smallest absolute Gasteiger partial charge is 0.251 e. The minimum atomic E-state index is -0.532. The first-order valence-corrected chi connectivity index (χ1v) is 10.8. The molecule has 0 heterocycles. The highest BCUT2D eigenvalue weighted by molar-refractivity contribution is 5.97. The Morgan fingerprint density at radius 3 is 2.14 bits per heavy atom. The maximum absolute atomic E-state index is 13.3. The molecule has 0 unspecified atom stereocenters. The van der Waals surface area contributed by atoms with Gasteiger partial charge < -0.3 is 15.5 Å². The maximum atomic E-state index is 13.3. The van der Waals surface area contributed by atoms with Crippen molar-refractivity contribution in [2.24, 2.45) is 23.2 Å². The molecule has 6 heteroatoms. The van der Waals surface area contributed by atoms with Crippen molar-refractivity contribution in [3.63, 3.8) is 0 Å². The van der Waals surface area contributed by atoms with Crippen LogP contribution in [0.2, 0.25) is 0 Å². The zero-order valence-electron chi connectivity index (χ0n) is 17.4. The van der Waals surface area contributed by atoms with E-state index in [1.807, 2.05) is 19.0 Å². The van der Waals surface area contributed by atoms with Gasteiger partial charge in [-0.3, -0.25) is 9.59 Å². The van der Waals surface area contributed by atoms with Gasteiger partial charge in [0.2, 0.25) is 5.91 Å². The fourth-order valence-electron chi connectivity index (χ4n) is 6.35. The summed E-state index contributed by atoms with van der Waals surface area (Å²) in [5.74, 6) is 1.29. The number of carbonyl (C=O) groups is 2. The van der Waals surface area contributed by atoms with Crippen LogP contribution in [0.4, 0.5) is 4.39 Å². The maximum Gasteiger partial charge on any atom is 0.251 e. The Kier molecular flexibility index (Phi) is 5.65. The Labute approximate surface area is 172 Å². The van der Waals surface area contributed by atoms with E-state index in [0.29, 0.717) is 29.9 Å². The Morgan fingerprint density at radius 2 is 1.62 bits per heavy atom. The van der Waals surface area contributed by atoms with Crippen molar-refractivity contribution in [2.45, 2.75) is 44.6 Å². The Bertz CT molecular complexity index is 727. The van der Waals surface area contributed by atoms with E-state index >= 15 is 0 Å². The highest BCUT2D eigenvalue weighted by Gasteiger charge is 2.56. The summed E-state index contributed by atoms with van der Waals surface area (Å²) in [6.07, 6.45) is 6.90. The molecule has 4 bridgehead atoms. The van der Waals surface area contributed by atoms with Gasteiger partial charge in [0, 0.05) is 24.1 Å². The number of halogens is 1. The number of hydrogen-bond acceptors (Lipinski definition) is 3. The van der Waals surface area contributed by atoms with Crippen LogP contribution in [-0.2, 0) is 4.79 Å². The summed E-state index contributed by atoms with van der Waals surface area (Å²) in [6.45, 7) is 1.31. The van der Waals surface area contributed by atoms with Crippen LogP contribution in [0.25, 0.3) is 0 Å². The first kappa shape index (κ1) is 20.3. The van der Waals surface area contributed by atoms with Gasteiger partial charge in [0.05, 0.1) is 0 Å². The standard InChI is InChI=1S/C23H32FN3O2/c1-27(2)8-7-25-22(29)20(26-21(28)18-3-5-19(24)6-4-18)23-12-15-9-16(13-23)11-17(10-15)14-23/h3-6,15-17,20H,7-14H2,1-2H3,(H,25,29)(H,26,28)/t15?,16?,17?,20-,23?/m0/s1. The molecule has 0 aliphatic heterocycles. The minimum absolute atomic E-state index is 0.0794. The van der Waals surface area contributed by atoms with Crippen LogP contribution in [0, 0.1) is 29.0 Å². The van der Waals surface area contributed by atoms with Crippen molar-refractivity contribution < 1.29 is 14.0 Å². The van der Waals surface area contributed by atoms with Crippen LogP contribution < -0.4 is 10.6 Å². The molecular weight excluding hydrogens is 369 g/mol. The van der Waals surface area contributed by atoms with Crippen LogP contribution in [0.15, 0.2) is 24.3 Å². The molecule has 0 radical (unpaired) electrons. The third-order valence-corrected chi connectivity index (χ3v) is 7.20. The van der Waals surface area contributed by atoms with Crippen molar-refractivity contribution in [2.75, 3.05) is 27.2 Å². The number of amides is 2. The van der Waals surface area contributed by atoms with Gasteiger partial charge >= 0.3 is 0 Å². The van der Waals surface area contributed by atoms with Gasteiger partial charge in [-0.05, 0) is 94.6 Å². The van der Waals surface area contributed by atoms with E-state index in [9.17, 15) is 14.0 Å². The zero-order valence-corrected chi connectivity index (χ0v) is 17.4. The summed E-state index contributed by atoms with van der Waals surface area (Å²) in [5, 5.41) is 6.11. The quantitative estimate of drug-likeness (QED) is 0.739. The first-order chi connectivity index (χ1) is 13.8. The van der Waals surface area contributed by atoms with Crippen LogP contribution in [0.1, 0.15) is 48.9 Å². The summed E-state index contributed by atoms with van der Waals surface area (Å²) >= 11 is 0. The molecule has 1 atom stereocenters. The lowest BCUT2D eigenvalue weighted by Crippen LogP contribution is -2.62. The number of carbonyl (C=O) groups excluding carboxylic acids is 2. The molecule has 4 aliphatic carbocycles. The van der Waals surface area contributed by atoms with E-state index in [1.54, 1.807) is 0 Å². The van der Waals surface area contributed by atoms with Gasteiger partial charge in [0.1, 0.15) is 11.9 Å². The van der Waals surface area contributed by atoms with Crippen LogP contribution in [0.3, 0.4) is 0 Å². The van der Waals surface area contributed by atoms with Gasteiger partial charge in [-0.15, -0.1) is 0 Å². The van der Waals surface area contributed by atoms with Gasteiger partial charge in [-0.25, -0.2) is 4.39 Å². The Hall–Kier alpha value is -1.95. The lowest BCUT2D eigenvalue weighted by Gasteiger charge is -2.59. The highest BCUT2D eigenvalue weighted by atomic mass is 19.1. The largest absolute Gasteiger partial charge is 0.353 e. The number of hydrogen-bond donors (Lipinski definition) is 2. The monoisotopic (exact) mass is 401 g/mol. The third kappa shape index (κ3) is 4.32. The number of likely N-dealkylation sites (N-methyl/N-ethyl adjacent to an activating group) is 1. The van der Waals surface area contributed by atoms with Crippen LogP contribution in [0.5, 0.6) is 0 Å². The molecule has 5 rings (SSSR count). The van der Waals surface area contributed by atoms with Gasteiger partial charge in [-0.1, -0.05) is 0 Å². The minimum Gasteiger partial charge on any atom is -0.353 e. The summed E-state index contributed by atoms with van der Waals surface area (Å²) in [4.78, 5) is 28.2. The molecular formula is C23H32FN3O2. The van der Waals surface area contributed by atoms with E-state index in [4.69, 9.17) is 0 Å². The third-order valence-electron chi connectivity index (χ3n) is 7.20. The van der Waals surface area contributed by atoms with Gasteiger partial charge in [0.25, 0.3) is 5.91 Å². The lowest BCUT2D eigenvalue weighted by molar-refractivity contribution is -0.134. The fraction of sp³-hybridized carbons (Fsp3) is 0.652. The summed E-state index contributed by atoms with van der Waals surface area (Å²) in [7, 11) is 3.94. The average molecular weight is 402 g/mol. The molecule has 2 N–H and O–H groups in total. The Morgan fingerprint density at radius 1 is 1.07 bits per heavy atom. The lowest BCUT2D eigenvalue weighted by atomic mass is 9.47. The molecule has 1 aromatic carbocycles. The van der Waals surface area contributed by atoms with Gasteiger partial charge in [0.15, 0.2) is 0 Å². The average Bonchev–Trinajstić information content (AvgIpc) is 2.65. The number of nitrogens with one attached hydrogen (secondary N) is 2. The van der Waals surface area contributed by atoms with E-state index in [0.717, 1.165) is 25.8 Å². The molecule has 4 fully saturated rings. The van der Waals surface area contributed by atoms with Crippen molar-refractivity contribution in [3.05, 3.63) is 35.6 Å². The predicted octanol–water partition coefficient (Wildman–Crippen LogP) is 2.82. The summed E-state index contributed by atoms with van der Waals surface area (Å²) < 4.78 is 13.3. The van der Waals surface area contributed by atoms with E-state index in [-0.39, 0.29) is 23.0 Å². The van der Waals surface area contributed by atoms with Crippen molar-refractivity contribution in [1.82, 2.24) is 15.5 Å². The molecule has 0 aromatic heterocycles. The van der Waals surface area contributed by atoms with Crippen LogP contribution in [-0.4, -0.2) is 49.9 Å². The van der Waals surface area contributed by atoms with E-state index in [1.165, 1.54) is 43.5 Å². The normalized spacial score (nSPS) is 31.0. The van der Waals surface area contributed by atoms with Crippen LogP contribution >= 0.6 is 0 Å². The molecule has 0 spiro atoms. The molecule has 1 aromatic rings. The molecule has 4 aliphatic rings. The SMILES string of the molecule is CN(C)CCNC(=O)[C@H](NC(=O)c1ccc(F)cc1)C12CC3CC(CC(C3)C1)C2. The predicted molar refractivity (Wildman–Crippen MR) is 110 cm³/mol. The topological polar surface area (TPSA) is 61.4 Å². The van der Waals surface area contributed by atoms with E-state index in [2.05, 4.69) is 10.6 Å². The Balaban J connectivity index is 1.55. The van der Waals surface area contributed by atoms with E-state index < -0.39 is 6.04 Å². The van der Waals surface area contributed by atoms with Crippen molar-refractivity contribution in [3.8, 4) is 0 Å². The summed E-state index contributed by atoms with van der Waals surface area (Å²) in [6, 6.07) is 4.99. The highest BCUT2D eigenvalue weighted by Crippen LogP contribution is 2.61.